The van der Waals surface area contributed by atoms with Gasteiger partial charge in [0.05, 0.1) is 5.56 Å². The average Bonchev–Trinajstić information content (AvgIpc) is 2.61. The van der Waals surface area contributed by atoms with Gasteiger partial charge in [-0.1, -0.05) is 29.8 Å². The van der Waals surface area contributed by atoms with Crippen LogP contribution in [-0.2, 0) is 0 Å². The summed E-state index contributed by atoms with van der Waals surface area (Å²) in [6, 6.07) is 8.87. The Morgan fingerprint density at radius 2 is 2.00 bits per heavy atom. The van der Waals surface area contributed by atoms with Crippen molar-refractivity contribution in [2.75, 3.05) is 5.73 Å². The van der Waals surface area contributed by atoms with Crippen molar-refractivity contribution in [2.24, 2.45) is 5.73 Å². The van der Waals surface area contributed by atoms with Gasteiger partial charge in [0.1, 0.15) is 5.82 Å². The lowest BCUT2D eigenvalue weighted by Gasteiger charge is -1.99. The lowest BCUT2D eigenvalue weighted by molar-refractivity contribution is 0.100. The zero-order valence-electron chi connectivity index (χ0n) is 8.33. The van der Waals surface area contributed by atoms with Gasteiger partial charge in [0, 0.05) is 16.3 Å². The number of aromatic amines is 1. The predicted molar refractivity (Wildman–Crippen MR) is 64.2 cm³/mol. The van der Waals surface area contributed by atoms with Crippen molar-refractivity contribution in [1.82, 2.24) is 4.98 Å². The summed E-state index contributed by atoms with van der Waals surface area (Å²) in [4.78, 5) is 13.9. The van der Waals surface area contributed by atoms with Gasteiger partial charge in [-0.15, -0.1) is 0 Å². The summed E-state index contributed by atoms with van der Waals surface area (Å²) < 4.78 is 0. The van der Waals surface area contributed by atoms with E-state index in [4.69, 9.17) is 23.1 Å². The number of primary amides is 1. The van der Waals surface area contributed by atoms with Gasteiger partial charge >= 0.3 is 0 Å². The van der Waals surface area contributed by atoms with Gasteiger partial charge in [-0.2, -0.15) is 0 Å². The highest BCUT2D eigenvalue weighted by molar-refractivity contribution is 6.33. The maximum atomic E-state index is 11.0. The molecule has 0 fully saturated rings. The lowest BCUT2D eigenvalue weighted by atomic mass is 10.1. The number of carbonyl (C=O) groups excluding carboxylic acids is 1. The molecule has 0 aliphatic rings. The zero-order valence-corrected chi connectivity index (χ0v) is 9.08. The summed E-state index contributed by atoms with van der Waals surface area (Å²) in [5, 5.41) is 0.583. The number of rotatable bonds is 2. The molecule has 0 radical (unpaired) electrons. The van der Waals surface area contributed by atoms with Crippen LogP contribution in [0.3, 0.4) is 0 Å². The number of amides is 1. The smallest absolute Gasteiger partial charge is 0.252 e. The zero-order chi connectivity index (χ0) is 11.7. The van der Waals surface area contributed by atoms with Crippen molar-refractivity contribution in [3.8, 4) is 11.3 Å². The van der Waals surface area contributed by atoms with E-state index in [0.29, 0.717) is 10.7 Å². The van der Waals surface area contributed by atoms with Crippen molar-refractivity contribution in [3.63, 3.8) is 0 Å². The Hall–Kier alpha value is -1.94. The summed E-state index contributed by atoms with van der Waals surface area (Å²) in [6.07, 6.45) is 0. The first-order valence-corrected chi connectivity index (χ1v) is 5.00. The third kappa shape index (κ3) is 1.75. The highest BCUT2D eigenvalue weighted by Crippen LogP contribution is 2.29. The molecule has 0 bridgehead atoms. The van der Waals surface area contributed by atoms with Crippen molar-refractivity contribution in [2.45, 2.75) is 0 Å². The number of H-pyrrole nitrogens is 1. The minimum atomic E-state index is -0.563. The second-order valence-electron chi connectivity index (χ2n) is 3.35. The van der Waals surface area contributed by atoms with E-state index in [0.717, 1.165) is 5.56 Å². The van der Waals surface area contributed by atoms with Gasteiger partial charge in [0.15, 0.2) is 0 Å². The van der Waals surface area contributed by atoms with Crippen LogP contribution in [0.1, 0.15) is 10.4 Å². The molecule has 0 spiro atoms. The number of halogens is 1. The van der Waals surface area contributed by atoms with Crippen molar-refractivity contribution in [1.29, 1.82) is 0 Å². The molecule has 0 saturated carbocycles. The minimum absolute atomic E-state index is 0.252. The van der Waals surface area contributed by atoms with Crippen LogP contribution in [0.15, 0.2) is 30.3 Å². The van der Waals surface area contributed by atoms with Gasteiger partial charge in [0.25, 0.3) is 5.91 Å². The number of benzene rings is 1. The molecule has 0 aliphatic heterocycles. The number of anilines is 1. The van der Waals surface area contributed by atoms with E-state index < -0.39 is 5.91 Å². The van der Waals surface area contributed by atoms with Crippen LogP contribution in [0.2, 0.25) is 5.02 Å². The third-order valence-corrected chi connectivity index (χ3v) is 2.61. The van der Waals surface area contributed by atoms with E-state index in [2.05, 4.69) is 4.98 Å². The molecule has 16 heavy (non-hydrogen) atoms. The molecule has 0 unspecified atom stereocenters. The summed E-state index contributed by atoms with van der Waals surface area (Å²) in [5.41, 5.74) is 12.5. The number of nitrogen functional groups attached to an aromatic ring is 1. The first-order chi connectivity index (χ1) is 7.59. The largest absolute Gasteiger partial charge is 0.385 e. The molecule has 0 saturated heterocycles. The maximum absolute atomic E-state index is 11.0. The fourth-order valence-corrected chi connectivity index (χ4v) is 1.74. The van der Waals surface area contributed by atoms with Gasteiger partial charge in [0.2, 0.25) is 0 Å². The molecule has 1 aromatic heterocycles. The quantitative estimate of drug-likeness (QED) is 0.744. The van der Waals surface area contributed by atoms with Crippen LogP contribution in [0.5, 0.6) is 0 Å². The number of nitrogens with two attached hydrogens (primary N) is 2. The topological polar surface area (TPSA) is 84.9 Å². The van der Waals surface area contributed by atoms with Crippen molar-refractivity contribution >= 4 is 23.3 Å². The fraction of sp³-hybridized carbons (Fsp3) is 0. The lowest BCUT2D eigenvalue weighted by Crippen LogP contribution is -2.11. The van der Waals surface area contributed by atoms with E-state index in [9.17, 15) is 4.79 Å². The molecule has 1 amide bonds. The Balaban J connectivity index is 2.54. The molecule has 4 nitrogen and oxygen atoms in total. The normalized spacial score (nSPS) is 10.3. The summed E-state index contributed by atoms with van der Waals surface area (Å²) >= 11 is 6.02. The van der Waals surface area contributed by atoms with Gasteiger partial charge < -0.3 is 16.5 Å². The van der Waals surface area contributed by atoms with Gasteiger partial charge in [-0.05, 0) is 12.1 Å². The van der Waals surface area contributed by atoms with E-state index in [1.54, 1.807) is 12.1 Å². The predicted octanol–water partition coefficient (Wildman–Crippen LogP) is 2.02. The van der Waals surface area contributed by atoms with Crippen LogP contribution < -0.4 is 11.5 Å². The molecule has 2 rings (SSSR count). The Bertz CT molecular complexity index is 548. The number of hydrogen-bond acceptors (Lipinski definition) is 2. The molecular formula is C11H10ClN3O. The maximum Gasteiger partial charge on any atom is 0.252 e. The number of carbonyl (C=O) groups is 1. The summed E-state index contributed by atoms with van der Waals surface area (Å²) in [6.45, 7) is 0. The Morgan fingerprint density at radius 3 is 2.56 bits per heavy atom. The molecule has 2 aromatic rings. The van der Waals surface area contributed by atoms with Crippen LogP contribution in [0.4, 0.5) is 5.82 Å². The van der Waals surface area contributed by atoms with Gasteiger partial charge in [-0.25, -0.2) is 0 Å². The summed E-state index contributed by atoms with van der Waals surface area (Å²) in [7, 11) is 0. The minimum Gasteiger partial charge on any atom is -0.385 e. The van der Waals surface area contributed by atoms with Gasteiger partial charge in [-0.3, -0.25) is 4.79 Å². The molecule has 5 N–H and O–H groups in total. The monoisotopic (exact) mass is 235 g/mol. The average molecular weight is 236 g/mol. The third-order valence-electron chi connectivity index (χ3n) is 2.28. The summed E-state index contributed by atoms with van der Waals surface area (Å²) in [5.74, 6) is -0.311. The van der Waals surface area contributed by atoms with E-state index in [1.165, 1.54) is 0 Å². The SMILES string of the molecule is NC(=O)c1cc(-c2ccccc2Cl)[nH]c1N. The molecule has 82 valence electrons. The van der Waals surface area contributed by atoms with E-state index in [-0.39, 0.29) is 11.4 Å². The Morgan fingerprint density at radius 1 is 1.31 bits per heavy atom. The molecule has 5 heteroatoms. The highest BCUT2D eigenvalue weighted by Gasteiger charge is 2.12. The molecular weight excluding hydrogens is 226 g/mol. The van der Waals surface area contributed by atoms with Crippen LogP contribution >= 0.6 is 11.6 Å². The highest BCUT2D eigenvalue weighted by atomic mass is 35.5. The van der Waals surface area contributed by atoms with Crippen LogP contribution in [0.25, 0.3) is 11.3 Å². The molecule has 0 atom stereocenters. The van der Waals surface area contributed by atoms with E-state index >= 15 is 0 Å². The second kappa shape index (κ2) is 3.90. The molecule has 1 heterocycles. The molecule has 1 aromatic carbocycles. The second-order valence-corrected chi connectivity index (χ2v) is 3.76. The standard InChI is InChI=1S/C11H10ClN3O/c12-8-4-2-1-3-6(8)9-5-7(11(14)16)10(13)15-9/h1-5,15H,13H2,(H2,14,16). The van der Waals surface area contributed by atoms with Crippen LogP contribution in [-0.4, -0.2) is 10.9 Å². The van der Waals surface area contributed by atoms with Crippen molar-refractivity contribution < 1.29 is 4.79 Å². The first-order valence-electron chi connectivity index (χ1n) is 4.63. The van der Waals surface area contributed by atoms with Crippen LogP contribution in [0, 0.1) is 0 Å². The Labute approximate surface area is 97.2 Å². The van der Waals surface area contributed by atoms with E-state index in [1.807, 2.05) is 18.2 Å². The first kappa shape index (κ1) is 10.6. The fourth-order valence-electron chi connectivity index (χ4n) is 1.50. The molecule has 0 aliphatic carbocycles. The number of hydrogen-bond donors (Lipinski definition) is 3. The number of nitrogens with one attached hydrogen (secondary N) is 1. The van der Waals surface area contributed by atoms with Crippen molar-refractivity contribution in [3.05, 3.63) is 40.9 Å². The Kier molecular flexibility index (Phi) is 2.58. The number of aromatic nitrogens is 1.